The Labute approximate surface area is 283 Å². The van der Waals surface area contributed by atoms with Crippen molar-refractivity contribution in [3.05, 3.63) is 0 Å². The minimum absolute atomic E-state index is 0.142. The SMILES string of the molecule is CCCCCCCCCCCCCCCCOCCOCCOCCOCCOCCOCCOCCOC(=O)CCCCCC. The molecule has 9 nitrogen and oxygen atoms in total. The first-order valence-electron chi connectivity index (χ1n) is 19.0. The minimum Gasteiger partial charge on any atom is -0.463 e. The fourth-order valence-corrected chi connectivity index (χ4v) is 4.80. The standard InChI is InChI=1S/C37H74O9/c1-3-5-7-9-10-11-12-13-14-15-16-17-18-20-22-39-23-24-40-25-26-41-27-28-42-29-30-43-31-32-44-33-34-45-35-36-46-37(38)21-19-8-6-4-2/h3-36H2,1-2H3. The fourth-order valence-electron chi connectivity index (χ4n) is 4.80. The molecule has 0 unspecified atom stereocenters. The maximum absolute atomic E-state index is 11.5. The first-order valence-corrected chi connectivity index (χ1v) is 19.0. The summed E-state index contributed by atoms with van der Waals surface area (Å²) in [7, 11) is 0. The summed E-state index contributed by atoms with van der Waals surface area (Å²) in [5, 5.41) is 0. The zero-order chi connectivity index (χ0) is 33.3. The highest BCUT2D eigenvalue weighted by Gasteiger charge is 2.02. The summed E-state index contributed by atoms with van der Waals surface area (Å²) in [6, 6.07) is 0. The number of hydrogen-bond acceptors (Lipinski definition) is 9. The Kier molecular flexibility index (Phi) is 41.5. The molecule has 0 aliphatic heterocycles. The van der Waals surface area contributed by atoms with Crippen molar-refractivity contribution >= 4 is 5.97 Å². The second kappa shape index (κ2) is 42.2. The van der Waals surface area contributed by atoms with Gasteiger partial charge in [0.15, 0.2) is 0 Å². The summed E-state index contributed by atoms with van der Waals surface area (Å²) < 4.78 is 43.8. The van der Waals surface area contributed by atoms with Crippen LogP contribution in [-0.4, -0.2) is 105 Å². The van der Waals surface area contributed by atoms with Crippen LogP contribution in [0.3, 0.4) is 0 Å². The summed E-state index contributed by atoms with van der Waals surface area (Å²) in [4.78, 5) is 11.5. The van der Waals surface area contributed by atoms with Gasteiger partial charge in [-0.1, -0.05) is 117 Å². The van der Waals surface area contributed by atoms with Crippen molar-refractivity contribution in [1.82, 2.24) is 0 Å². The van der Waals surface area contributed by atoms with Crippen LogP contribution in [-0.2, 0) is 42.7 Å². The number of ether oxygens (including phenoxy) is 8. The van der Waals surface area contributed by atoms with E-state index in [1.54, 1.807) is 0 Å². The van der Waals surface area contributed by atoms with Gasteiger partial charge < -0.3 is 37.9 Å². The van der Waals surface area contributed by atoms with Crippen molar-refractivity contribution in [1.29, 1.82) is 0 Å². The summed E-state index contributed by atoms with van der Waals surface area (Å²) in [5.41, 5.74) is 0. The van der Waals surface area contributed by atoms with E-state index in [4.69, 9.17) is 37.9 Å². The van der Waals surface area contributed by atoms with E-state index < -0.39 is 0 Å². The number of carbonyl (C=O) groups excluding carboxylic acids is 1. The number of carbonyl (C=O) groups is 1. The van der Waals surface area contributed by atoms with Crippen molar-refractivity contribution in [2.45, 2.75) is 136 Å². The largest absolute Gasteiger partial charge is 0.463 e. The molecule has 0 saturated carbocycles. The van der Waals surface area contributed by atoms with Crippen LogP contribution >= 0.6 is 0 Å². The van der Waals surface area contributed by atoms with Gasteiger partial charge in [-0.05, 0) is 12.8 Å². The molecule has 0 aliphatic rings. The molecule has 0 N–H and O–H groups in total. The molecular formula is C37H74O9. The van der Waals surface area contributed by atoms with Crippen LogP contribution in [0.4, 0.5) is 0 Å². The lowest BCUT2D eigenvalue weighted by atomic mass is 10.0. The molecule has 0 fully saturated rings. The predicted molar refractivity (Wildman–Crippen MR) is 186 cm³/mol. The quantitative estimate of drug-likeness (QED) is 0.0476. The molecule has 0 radical (unpaired) electrons. The normalized spacial score (nSPS) is 11.4. The molecule has 0 atom stereocenters. The van der Waals surface area contributed by atoms with E-state index in [0.717, 1.165) is 38.7 Å². The maximum Gasteiger partial charge on any atom is 0.305 e. The minimum atomic E-state index is -0.142. The zero-order valence-electron chi connectivity index (χ0n) is 30.2. The molecule has 276 valence electrons. The van der Waals surface area contributed by atoms with Gasteiger partial charge in [0, 0.05) is 13.0 Å². The maximum atomic E-state index is 11.5. The number of rotatable bonds is 41. The molecule has 0 aromatic carbocycles. The molecule has 0 amide bonds. The lowest BCUT2D eigenvalue weighted by Crippen LogP contribution is -2.15. The van der Waals surface area contributed by atoms with Gasteiger partial charge in [-0.15, -0.1) is 0 Å². The Morgan fingerprint density at radius 3 is 0.913 bits per heavy atom. The third-order valence-electron chi connectivity index (χ3n) is 7.60. The van der Waals surface area contributed by atoms with Crippen molar-refractivity contribution in [3.63, 3.8) is 0 Å². The topological polar surface area (TPSA) is 90.9 Å². The van der Waals surface area contributed by atoms with Gasteiger partial charge in [0.1, 0.15) is 6.61 Å². The first kappa shape index (κ1) is 45.2. The van der Waals surface area contributed by atoms with Crippen LogP contribution in [0.25, 0.3) is 0 Å². The first-order chi connectivity index (χ1) is 22.8. The highest BCUT2D eigenvalue weighted by molar-refractivity contribution is 5.69. The summed E-state index contributed by atoms with van der Waals surface area (Å²) in [5.74, 6) is -0.142. The highest BCUT2D eigenvalue weighted by atomic mass is 16.6. The number of hydrogen-bond donors (Lipinski definition) is 0. The van der Waals surface area contributed by atoms with Crippen LogP contribution < -0.4 is 0 Å². The Hall–Kier alpha value is -0.810. The van der Waals surface area contributed by atoms with Crippen LogP contribution in [0.15, 0.2) is 0 Å². The van der Waals surface area contributed by atoms with Crippen molar-refractivity contribution < 1.29 is 42.7 Å². The van der Waals surface area contributed by atoms with E-state index in [1.807, 2.05) is 0 Å². The molecule has 0 rings (SSSR count). The lowest BCUT2D eigenvalue weighted by molar-refractivity contribution is -0.145. The number of esters is 1. The summed E-state index contributed by atoms with van der Waals surface area (Å²) in [6.45, 7) is 12.4. The summed E-state index contributed by atoms with van der Waals surface area (Å²) >= 11 is 0. The van der Waals surface area contributed by atoms with Crippen molar-refractivity contribution in [3.8, 4) is 0 Å². The third kappa shape index (κ3) is 41.2. The molecule has 0 heterocycles. The smallest absolute Gasteiger partial charge is 0.305 e. The number of unbranched alkanes of at least 4 members (excludes halogenated alkanes) is 16. The van der Waals surface area contributed by atoms with Gasteiger partial charge in [0.2, 0.25) is 0 Å². The van der Waals surface area contributed by atoms with E-state index in [0.29, 0.717) is 98.9 Å². The average molecular weight is 663 g/mol. The Morgan fingerprint density at radius 1 is 0.304 bits per heavy atom. The fraction of sp³-hybridized carbons (Fsp3) is 0.973. The van der Waals surface area contributed by atoms with Crippen LogP contribution in [0.5, 0.6) is 0 Å². The highest BCUT2D eigenvalue weighted by Crippen LogP contribution is 2.13. The second-order valence-electron chi connectivity index (χ2n) is 11.9. The van der Waals surface area contributed by atoms with Gasteiger partial charge in [-0.2, -0.15) is 0 Å². The summed E-state index contributed by atoms with van der Waals surface area (Å²) in [6.07, 6.45) is 24.1. The molecule has 0 spiro atoms. The predicted octanol–water partition coefficient (Wildman–Crippen LogP) is 8.10. The van der Waals surface area contributed by atoms with Crippen LogP contribution in [0, 0.1) is 0 Å². The molecule has 9 heteroatoms. The van der Waals surface area contributed by atoms with Crippen molar-refractivity contribution in [2.75, 3.05) is 99.1 Å². The molecular weight excluding hydrogens is 588 g/mol. The van der Waals surface area contributed by atoms with Crippen LogP contribution in [0.2, 0.25) is 0 Å². The van der Waals surface area contributed by atoms with Gasteiger partial charge in [-0.3, -0.25) is 4.79 Å². The molecule has 0 aromatic heterocycles. The Morgan fingerprint density at radius 2 is 0.565 bits per heavy atom. The van der Waals surface area contributed by atoms with Gasteiger partial charge in [0.25, 0.3) is 0 Å². The average Bonchev–Trinajstić information content (AvgIpc) is 3.06. The van der Waals surface area contributed by atoms with E-state index in [-0.39, 0.29) is 5.97 Å². The molecule has 46 heavy (non-hydrogen) atoms. The van der Waals surface area contributed by atoms with Gasteiger partial charge >= 0.3 is 5.97 Å². The van der Waals surface area contributed by atoms with Crippen molar-refractivity contribution in [2.24, 2.45) is 0 Å². The monoisotopic (exact) mass is 663 g/mol. The van der Waals surface area contributed by atoms with E-state index >= 15 is 0 Å². The Bertz CT molecular complexity index is 565. The Balaban J connectivity index is 3.07. The van der Waals surface area contributed by atoms with E-state index in [1.165, 1.54) is 83.5 Å². The van der Waals surface area contributed by atoms with Crippen LogP contribution in [0.1, 0.15) is 136 Å². The van der Waals surface area contributed by atoms with Gasteiger partial charge in [-0.25, -0.2) is 0 Å². The second-order valence-corrected chi connectivity index (χ2v) is 11.9. The molecule has 0 bridgehead atoms. The van der Waals surface area contributed by atoms with E-state index in [2.05, 4.69) is 13.8 Å². The van der Waals surface area contributed by atoms with Gasteiger partial charge in [0.05, 0.1) is 85.9 Å². The lowest BCUT2D eigenvalue weighted by Gasteiger charge is -2.09. The zero-order valence-corrected chi connectivity index (χ0v) is 30.2. The molecule has 0 aromatic rings. The molecule has 0 saturated heterocycles. The molecule has 0 aliphatic carbocycles. The third-order valence-corrected chi connectivity index (χ3v) is 7.60. The van der Waals surface area contributed by atoms with E-state index in [9.17, 15) is 4.79 Å².